The number of methoxy groups -OCH3 is 1. The van der Waals surface area contributed by atoms with Gasteiger partial charge in [0.15, 0.2) is 11.6 Å². The minimum Gasteiger partial charge on any atom is -0.386 e. The largest absolute Gasteiger partial charge is 0.386 e. The van der Waals surface area contributed by atoms with Crippen LogP contribution in [0.4, 0.5) is 8.78 Å². The molecule has 40 heavy (non-hydrogen) atoms. The number of rotatable bonds is 10. The number of carbonyl (C=O) groups is 1. The molecule has 0 bridgehead atoms. The van der Waals surface area contributed by atoms with Gasteiger partial charge in [0, 0.05) is 62.9 Å². The Hall–Kier alpha value is -4.38. The van der Waals surface area contributed by atoms with E-state index in [1.165, 1.54) is 35.1 Å². The number of nitrogens with one attached hydrogen (secondary N) is 1. The second kappa shape index (κ2) is 13.6. The first-order valence-electron chi connectivity index (χ1n) is 13.0. The summed E-state index contributed by atoms with van der Waals surface area (Å²) in [4.78, 5) is 26.3. The van der Waals surface area contributed by atoms with E-state index in [-0.39, 0.29) is 24.1 Å². The number of amidine groups is 1. The second-order valence-corrected chi connectivity index (χ2v) is 9.22. The number of ether oxygens (including phenoxy) is 1. The van der Waals surface area contributed by atoms with Crippen molar-refractivity contribution in [2.75, 3.05) is 46.4 Å². The summed E-state index contributed by atoms with van der Waals surface area (Å²) in [5.41, 5.74) is 2.18. The molecular formula is C29H33F2N7O2. The Labute approximate surface area is 232 Å². The molecule has 1 aliphatic heterocycles. The highest BCUT2D eigenvalue weighted by molar-refractivity contribution is 5.94. The maximum Gasteiger partial charge on any atom is 0.244 e. The van der Waals surface area contributed by atoms with Gasteiger partial charge in [-0.05, 0) is 61.5 Å². The van der Waals surface area contributed by atoms with Gasteiger partial charge in [-0.1, -0.05) is 6.58 Å². The fraction of sp³-hybridized carbons (Fsp3) is 0.310. The Bertz CT molecular complexity index is 1360. The van der Waals surface area contributed by atoms with Gasteiger partial charge in [0.1, 0.15) is 24.0 Å². The number of hydrogen-bond donors (Lipinski definition) is 1. The highest BCUT2D eigenvalue weighted by Gasteiger charge is 2.24. The molecule has 9 nitrogen and oxygen atoms in total. The summed E-state index contributed by atoms with van der Waals surface area (Å²) in [5, 5.41) is 7.83. The van der Waals surface area contributed by atoms with Crippen LogP contribution >= 0.6 is 0 Å². The molecule has 0 radical (unpaired) electrons. The molecular weight excluding hydrogens is 516 g/mol. The normalized spacial score (nSPS) is 14.4. The van der Waals surface area contributed by atoms with Crippen LogP contribution in [-0.2, 0) is 16.1 Å². The Morgan fingerprint density at radius 2 is 1.62 bits per heavy atom. The molecule has 1 N–H and O–H groups in total. The molecule has 1 aliphatic rings. The van der Waals surface area contributed by atoms with Crippen LogP contribution in [0.3, 0.4) is 0 Å². The molecule has 1 fully saturated rings. The van der Waals surface area contributed by atoms with Crippen LogP contribution in [0.15, 0.2) is 78.1 Å². The van der Waals surface area contributed by atoms with Crippen LogP contribution in [0.2, 0.25) is 0 Å². The third-order valence-corrected chi connectivity index (χ3v) is 6.40. The van der Waals surface area contributed by atoms with Crippen molar-refractivity contribution in [2.45, 2.75) is 13.5 Å². The van der Waals surface area contributed by atoms with Gasteiger partial charge in [-0.15, -0.1) is 5.10 Å². The average molecular weight is 550 g/mol. The van der Waals surface area contributed by atoms with Gasteiger partial charge in [0.2, 0.25) is 5.91 Å². The highest BCUT2D eigenvalue weighted by Crippen LogP contribution is 2.23. The Morgan fingerprint density at radius 3 is 2.23 bits per heavy atom. The van der Waals surface area contributed by atoms with E-state index < -0.39 is 0 Å². The Balaban J connectivity index is 1.47. The van der Waals surface area contributed by atoms with Crippen LogP contribution in [0.5, 0.6) is 0 Å². The zero-order valence-electron chi connectivity index (χ0n) is 22.7. The summed E-state index contributed by atoms with van der Waals surface area (Å²) in [7, 11) is 1.66. The first-order chi connectivity index (χ1) is 19.4. The van der Waals surface area contributed by atoms with Crippen molar-refractivity contribution in [1.82, 2.24) is 29.9 Å². The van der Waals surface area contributed by atoms with Crippen LogP contribution < -0.4 is 5.32 Å². The molecule has 2 aromatic carbocycles. The van der Waals surface area contributed by atoms with E-state index in [0.717, 1.165) is 11.5 Å². The quantitative estimate of drug-likeness (QED) is 0.236. The van der Waals surface area contributed by atoms with Gasteiger partial charge >= 0.3 is 0 Å². The van der Waals surface area contributed by atoms with Crippen LogP contribution in [-0.4, -0.2) is 82.7 Å². The summed E-state index contributed by atoms with van der Waals surface area (Å²) in [6.45, 7) is 9.14. The highest BCUT2D eigenvalue weighted by atomic mass is 19.1. The molecule has 1 saturated heterocycles. The molecule has 0 atom stereocenters. The molecule has 210 valence electrons. The van der Waals surface area contributed by atoms with Gasteiger partial charge in [-0.25, -0.2) is 23.4 Å². The van der Waals surface area contributed by atoms with Crippen LogP contribution in [0.25, 0.3) is 22.8 Å². The van der Waals surface area contributed by atoms with E-state index in [9.17, 15) is 13.6 Å². The van der Waals surface area contributed by atoms with Crippen LogP contribution in [0, 0.1) is 11.6 Å². The minimum atomic E-state index is -0.377. The van der Waals surface area contributed by atoms with Crippen molar-refractivity contribution in [3.8, 4) is 22.8 Å². The number of nitrogens with zero attached hydrogens (tertiary/aromatic N) is 6. The number of amides is 1. The van der Waals surface area contributed by atoms with Crippen molar-refractivity contribution in [3.63, 3.8) is 0 Å². The smallest absolute Gasteiger partial charge is 0.244 e. The zero-order valence-corrected chi connectivity index (χ0v) is 22.7. The standard InChI is InChI=1S/C29H33F2N7O2/c1-4-32-26(19-21(2)33-13-18-40-3)36-14-16-37(17-15-36)27(39)20-38-29(23-7-11-25(31)12-8-23)34-28(35-38)22-5-9-24(30)10-6-22/h4-12,19,33H,1,13-18,20H2,2-3H3/b21-19+,32-26?. The first-order valence-corrected chi connectivity index (χ1v) is 13.0. The van der Waals surface area contributed by atoms with E-state index >= 15 is 0 Å². The minimum absolute atomic E-state index is 0.0447. The number of piperazine rings is 1. The number of aliphatic imine (C=N–C) groups is 1. The molecule has 0 aliphatic carbocycles. The molecule has 0 unspecified atom stereocenters. The topological polar surface area (TPSA) is 87.9 Å². The van der Waals surface area contributed by atoms with E-state index in [0.29, 0.717) is 62.1 Å². The zero-order chi connectivity index (χ0) is 28.5. The van der Waals surface area contributed by atoms with Gasteiger partial charge in [0.05, 0.1) is 6.61 Å². The lowest BCUT2D eigenvalue weighted by Gasteiger charge is -2.36. The van der Waals surface area contributed by atoms with Gasteiger partial charge in [-0.2, -0.15) is 0 Å². The van der Waals surface area contributed by atoms with E-state index in [2.05, 4.69) is 31.9 Å². The molecule has 0 spiro atoms. The SMILES string of the molecule is C=CN=C(/C=C(\C)NCCOC)N1CCN(C(=O)Cn2nc(-c3ccc(F)cc3)nc2-c2ccc(F)cc2)CC1. The number of halogens is 2. The van der Waals surface area contributed by atoms with E-state index in [1.54, 1.807) is 36.3 Å². The molecule has 3 aromatic rings. The molecule has 1 aromatic heterocycles. The lowest BCUT2D eigenvalue weighted by molar-refractivity contribution is -0.133. The number of allylic oxidation sites excluding steroid dienone is 1. The maximum absolute atomic E-state index is 13.6. The number of carbonyl (C=O) groups excluding carboxylic acids is 1. The number of hydrogen-bond acceptors (Lipinski definition) is 6. The predicted octanol–water partition coefficient (Wildman–Crippen LogP) is 3.72. The monoisotopic (exact) mass is 549 g/mol. The van der Waals surface area contributed by atoms with Crippen LogP contribution in [0.1, 0.15) is 6.92 Å². The predicted molar refractivity (Wildman–Crippen MR) is 150 cm³/mol. The summed E-state index contributed by atoms with van der Waals surface area (Å²) in [6.07, 6.45) is 3.46. The summed E-state index contributed by atoms with van der Waals surface area (Å²) in [5.74, 6) is 0.678. The van der Waals surface area contributed by atoms with E-state index in [1.807, 2.05) is 13.0 Å². The fourth-order valence-corrected chi connectivity index (χ4v) is 4.30. The van der Waals surface area contributed by atoms with Crippen molar-refractivity contribution in [3.05, 3.63) is 84.7 Å². The molecule has 2 heterocycles. The fourth-order valence-electron chi connectivity index (χ4n) is 4.30. The molecule has 0 saturated carbocycles. The lowest BCUT2D eigenvalue weighted by Crippen LogP contribution is -2.51. The number of benzene rings is 2. The third-order valence-electron chi connectivity index (χ3n) is 6.40. The van der Waals surface area contributed by atoms with Crippen molar-refractivity contribution < 1.29 is 18.3 Å². The number of aromatic nitrogens is 3. The average Bonchev–Trinajstić information content (AvgIpc) is 3.37. The summed E-state index contributed by atoms with van der Waals surface area (Å²) in [6, 6.07) is 11.7. The molecule has 11 heteroatoms. The first kappa shape index (κ1) is 28.6. The summed E-state index contributed by atoms with van der Waals surface area (Å²) >= 11 is 0. The Morgan fingerprint density at radius 1 is 1.02 bits per heavy atom. The van der Waals surface area contributed by atoms with Gasteiger partial charge in [0.25, 0.3) is 0 Å². The molecule has 4 rings (SSSR count). The molecule has 1 amide bonds. The third kappa shape index (κ3) is 7.38. The second-order valence-electron chi connectivity index (χ2n) is 9.22. The van der Waals surface area contributed by atoms with Crippen molar-refractivity contribution in [2.24, 2.45) is 4.99 Å². The Kier molecular flexibility index (Phi) is 9.74. The maximum atomic E-state index is 13.6. The van der Waals surface area contributed by atoms with Gasteiger partial charge < -0.3 is 19.9 Å². The summed E-state index contributed by atoms with van der Waals surface area (Å²) < 4.78 is 33.6. The van der Waals surface area contributed by atoms with Gasteiger partial charge in [-0.3, -0.25) is 4.79 Å². The van der Waals surface area contributed by atoms with Crippen molar-refractivity contribution >= 4 is 11.7 Å². The van der Waals surface area contributed by atoms with Crippen molar-refractivity contribution in [1.29, 1.82) is 0 Å². The van der Waals surface area contributed by atoms with E-state index in [4.69, 9.17) is 4.74 Å². The lowest BCUT2D eigenvalue weighted by atomic mass is 10.2.